The normalized spacial score (nSPS) is 26.2. The highest BCUT2D eigenvalue weighted by molar-refractivity contribution is 5.83. The van der Waals surface area contributed by atoms with Gasteiger partial charge in [-0.2, -0.15) is 4.98 Å². The van der Waals surface area contributed by atoms with Gasteiger partial charge in [-0.1, -0.05) is 31.7 Å². The van der Waals surface area contributed by atoms with Crippen LogP contribution in [0.15, 0.2) is 22.6 Å². The van der Waals surface area contributed by atoms with Crippen LogP contribution in [-0.2, 0) is 4.79 Å². The molecule has 7 heteroatoms. The van der Waals surface area contributed by atoms with Crippen LogP contribution in [0.5, 0.6) is 0 Å². The number of likely N-dealkylation sites (tertiary alicyclic amines) is 1. The lowest BCUT2D eigenvalue weighted by molar-refractivity contribution is -0.157. The first-order valence-electron chi connectivity index (χ1n) is 12.1. The molecule has 2 aromatic rings. The van der Waals surface area contributed by atoms with Gasteiger partial charge in [-0.15, -0.1) is 0 Å². The summed E-state index contributed by atoms with van der Waals surface area (Å²) in [6.07, 6.45) is 4.29. The maximum atomic E-state index is 14.2. The van der Waals surface area contributed by atoms with E-state index in [9.17, 15) is 13.6 Å². The van der Waals surface area contributed by atoms with Gasteiger partial charge in [0.2, 0.25) is 5.91 Å². The zero-order valence-electron chi connectivity index (χ0n) is 18.9. The number of carbonyl (C=O) groups is 1. The highest BCUT2D eigenvalue weighted by Crippen LogP contribution is 2.46. The molecule has 5 nitrogen and oxygen atoms in total. The van der Waals surface area contributed by atoms with Crippen molar-refractivity contribution in [2.45, 2.75) is 71.1 Å². The maximum Gasteiger partial charge on any atom is 0.298 e. The number of fused-ring (bicyclic) bond motifs is 1. The van der Waals surface area contributed by atoms with E-state index in [0.29, 0.717) is 31.9 Å². The molecule has 3 fully saturated rings. The Kier molecular flexibility index (Phi) is 5.62. The van der Waals surface area contributed by atoms with Crippen LogP contribution in [0, 0.1) is 17.8 Å². The van der Waals surface area contributed by atoms with Gasteiger partial charge >= 0.3 is 0 Å². The van der Waals surface area contributed by atoms with Crippen molar-refractivity contribution in [1.29, 1.82) is 0 Å². The maximum absolute atomic E-state index is 14.2. The minimum absolute atomic E-state index is 0.0826. The van der Waals surface area contributed by atoms with Crippen LogP contribution in [0.3, 0.4) is 0 Å². The van der Waals surface area contributed by atoms with Gasteiger partial charge in [0, 0.05) is 31.6 Å². The molecule has 1 atom stereocenters. The number of alkyl halides is 2. The molecule has 1 unspecified atom stereocenters. The number of aryl methyl sites for hydroxylation is 1. The number of anilines is 1. The topological polar surface area (TPSA) is 49.6 Å². The Labute approximate surface area is 188 Å². The van der Waals surface area contributed by atoms with Crippen molar-refractivity contribution in [3.63, 3.8) is 0 Å². The molecular weight excluding hydrogens is 412 g/mol. The monoisotopic (exact) mass is 445 g/mol. The molecule has 2 aliphatic heterocycles. The fraction of sp³-hybridized carbons (Fsp3) is 0.680. The first-order valence-corrected chi connectivity index (χ1v) is 12.1. The summed E-state index contributed by atoms with van der Waals surface area (Å²) in [6, 6.07) is 6.61. The molecule has 0 N–H and O–H groups in total. The van der Waals surface area contributed by atoms with E-state index in [-0.39, 0.29) is 11.3 Å². The fourth-order valence-corrected chi connectivity index (χ4v) is 6.15. The molecule has 32 heavy (non-hydrogen) atoms. The second kappa shape index (κ2) is 8.31. The molecule has 0 bridgehead atoms. The SMILES string of the molecule is Cc1ccc2oc(N3CCC4(CCCCN(C(=O)C5(C(F)F)CCCCC5)C4)C3)nc2c1. The number of rotatable bonds is 3. The van der Waals surface area contributed by atoms with Crippen molar-refractivity contribution in [2.75, 3.05) is 31.1 Å². The smallest absolute Gasteiger partial charge is 0.298 e. The van der Waals surface area contributed by atoms with Crippen LogP contribution in [-0.4, -0.2) is 48.4 Å². The van der Waals surface area contributed by atoms with Crippen LogP contribution in [0.1, 0.15) is 63.4 Å². The third-order valence-corrected chi connectivity index (χ3v) is 8.03. The lowest BCUT2D eigenvalue weighted by Crippen LogP contribution is -2.52. The fourth-order valence-electron chi connectivity index (χ4n) is 6.15. The number of carbonyl (C=O) groups excluding carboxylic acids is 1. The van der Waals surface area contributed by atoms with Crippen molar-refractivity contribution in [2.24, 2.45) is 10.8 Å². The molecule has 0 radical (unpaired) electrons. The standard InChI is InChI=1S/C25H33F2N3O2/c1-18-7-8-20-19(15-18)28-23(32-20)30-14-12-24(17-30)9-5-6-13-29(16-24)22(31)25(21(26)27)10-3-2-4-11-25/h7-8,15,21H,2-6,9-14,16-17H2,1H3. The van der Waals surface area contributed by atoms with Crippen molar-refractivity contribution in [1.82, 2.24) is 9.88 Å². The number of halogens is 2. The van der Waals surface area contributed by atoms with Crippen LogP contribution >= 0.6 is 0 Å². The Morgan fingerprint density at radius 3 is 2.59 bits per heavy atom. The number of hydrogen-bond acceptors (Lipinski definition) is 4. The number of amides is 1. The molecule has 2 saturated heterocycles. The lowest BCUT2D eigenvalue weighted by atomic mass is 9.72. The van der Waals surface area contributed by atoms with E-state index < -0.39 is 11.8 Å². The van der Waals surface area contributed by atoms with E-state index >= 15 is 0 Å². The number of oxazole rings is 1. The third-order valence-electron chi connectivity index (χ3n) is 8.03. The third kappa shape index (κ3) is 3.77. The second-order valence-corrected chi connectivity index (χ2v) is 10.3. The van der Waals surface area contributed by atoms with E-state index in [1.807, 2.05) is 25.1 Å². The quantitative estimate of drug-likeness (QED) is 0.621. The van der Waals surface area contributed by atoms with E-state index in [4.69, 9.17) is 9.40 Å². The average Bonchev–Trinajstić information content (AvgIpc) is 3.33. The van der Waals surface area contributed by atoms with Crippen molar-refractivity contribution in [3.05, 3.63) is 23.8 Å². The van der Waals surface area contributed by atoms with E-state index in [1.165, 1.54) is 0 Å². The number of nitrogens with zero attached hydrogens (tertiary/aromatic N) is 3. The Hall–Kier alpha value is -2.18. The molecule has 1 amide bonds. The van der Waals surface area contributed by atoms with E-state index in [2.05, 4.69) is 4.90 Å². The molecule has 1 spiro atoms. The predicted molar refractivity (Wildman–Crippen MR) is 120 cm³/mol. The van der Waals surface area contributed by atoms with Crippen LogP contribution in [0.2, 0.25) is 0 Å². The van der Waals surface area contributed by atoms with Crippen molar-refractivity contribution >= 4 is 23.0 Å². The Bertz CT molecular complexity index is 985. The van der Waals surface area contributed by atoms with Crippen LogP contribution in [0.25, 0.3) is 11.1 Å². The highest BCUT2D eigenvalue weighted by Gasteiger charge is 2.51. The highest BCUT2D eigenvalue weighted by atomic mass is 19.3. The van der Waals surface area contributed by atoms with Gasteiger partial charge in [0.1, 0.15) is 10.9 Å². The molecule has 1 aromatic carbocycles. The second-order valence-electron chi connectivity index (χ2n) is 10.3. The summed E-state index contributed by atoms with van der Waals surface area (Å²) < 4.78 is 34.4. The molecule has 1 saturated carbocycles. The number of benzene rings is 1. The first-order chi connectivity index (χ1) is 15.4. The largest absolute Gasteiger partial charge is 0.423 e. The summed E-state index contributed by atoms with van der Waals surface area (Å²) in [5.74, 6) is -0.302. The lowest BCUT2D eigenvalue weighted by Gasteiger charge is -2.41. The first kappa shape index (κ1) is 21.7. The van der Waals surface area contributed by atoms with Gasteiger partial charge in [0.15, 0.2) is 5.58 Å². The Balaban J connectivity index is 1.36. The van der Waals surface area contributed by atoms with Gasteiger partial charge in [-0.05, 0) is 56.7 Å². The molecule has 1 aliphatic carbocycles. The van der Waals surface area contributed by atoms with Gasteiger partial charge in [-0.25, -0.2) is 8.78 Å². The Morgan fingerprint density at radius 2 is 1.81 bits per heavy atom. The van der Waals surface area contributed by atoms with Crippen LogP contribution < -0.4 is 4.90 Å². The van der Waals surface area contributed by atoms with Gasteiger partial charge in [-0.3, -0.25) is 4.79 Å². The summed E-state index contributed by atoms with van der Waals surface area (Å²) in [4.78, 5) is 22.2. The number of aromatic nitrogens is 1. The Morgan fingerprint density at radius 1 is 1.03 bits per heavy atom. The van der Waals surface area contributed by atoms with Crippen molar-refractivity contribution < 1.29 is 18.0 Å². The minimum atomic E-state index is -2.59. The summed E-state index contributed by atoms with van der Waals surface area (Å²) >= 11 is 0. The molecular formula is C25H33F2N3O2. The molecule has 3 aliphatic rings. The summed E-state index contributed by atoms with van der Waals surface area (Å²) in [7, 11) is 0. The van der Waals surface area contributed by atoms with Crippen LogP contribution in [0.4, 0.5) is 14.8 Å². The minimum Gasteiger partial charge on any atom is -0.423 e. The van der Waals surface area contributed by atoms with Gasteiger partial charge in [0.25, 0.3) is 12.4 Å². The zero-order valence-corrected chi connectivity index (χ0v) is 18.9. The zero-order chi connectivity index (χ0) is 22.3. The molecule has 1 aromatic heterocycles. The molecule has 174 valence electrons. The average molecular weight is 446 g/mol. The van der Waals surface area contributed by atoms with E-state index in [1.54, 1.807) is 4.90 Å². The summed E-state index contributed by atoms with van der Waals surface area (Å²) in [6.45, 7) is 4.76. The van der Waals surface area contributed by atoms with Gasteiger partial charge in [0.05, 0.1) is 0 Å². The van der Waals surface area contributed by atoms with Gasteiger partial charge < -0.3 is 14.2 Å². The number of hydrogen-bond donors (Lipinski definition) is 0. The predicted octanol–water partition coefficient (Wildman–Crippen LogP) is 5.56. The van der Waals surface area contributed by atoms with Crippen molar-refractivity contribution in [3.8, 4) is 0 Å². The molecule has 5 rings (SSSR count). The summed E-state index contributed by atoms with van der Waals surface area (Å²) in [5.41, 5.74) is 1.22. The van der Waals surface area contributed by atoms with E-state index in [0.717, 1.165) is 74.7 Å². The summed E-state index contributed by atoms with van der Waals surface area (Å²) in [5, 5.41) is 0. The molecule has 3 heterocycles.